The van der Waals surface area contributed by atoms with Gasteiger partial charge >= 0.3 is 6.03 Å². The molecule has 28 heavy (non-hydrogen) atoms. The van der Waals surface area contributed by atoms with Crippen molar-refractivity contribution in [2.75, 3.05) is 25.0 Å². The fraction of sp³-hybridized carbons (Fsp3) is 0.348. The molecule has 2 amide bonds. The number of urea groups is 1. The molecule has 2 heterocycles. The zero-order valence-corrected chi connectivity index (χ0v) is 16.6. The zero-order chi connectivity index (χ0) is 19.7. The van der Waals surface area contributed by atoms with Crippen LogP contribution in [-0.2, 0) is 0 Å². The number of H-pyrrole nitrogens is 1. The van der Waals surface area contributed by atoms with Crippen molar-refractivity contribution in [3.8, 4) is 0 Å². The van der Waals surface area contributed by atoms with E-state index in [0.717, 1.165) is 42.7 Å². The number of hydrogen-bond donors (Lipinski definition) is 2. The highest BCUT2D eigenvalue weighted by Gasteiger charge is 2.24. The molecule has 5 heteroatoms. The van der Waals surface area contributed by atoms with E-state index in [4.69, 9.17) is 5.73 Å². The Kier molecular flexibility index (Phi) is 5.09. The van der Waals surface area contributed by atoms with Crippen LogP contribution in [0.3, 0.4) is 0 Å². The zero-order valence-electron chi connectivity index (χ0n) is 16.6. The first-order chi connectivity index (χ1) is 13.5. The molecule has 0 spiro atoms. The second kappa shape index (κ2) is 7.68. The Balaban J connectivity index is 1.71. The third kappa shape index (κ3) is 3.50. The number of nitrogens with zero attached hydrogens (tertiary/aromatic N) is 2. The van der Waals surface area contributed by atoms with Gasteiger partial charge in [-0.15, -0.1) is 0 Å². The average molecular weight is 377 g/mol. The summed E-state index contributed by atoms with van der Waals surface area (Å²) in [5.41, 5.74) is 10.2. The highest BCUT2D eigenvalue weighted by Crippen LogP contribution is 2.36. The first-order valence-electron chi connectivity index (χ1n) is 9.98. The van der Waals surface area contributed by atoms with Gasteiger partial charge in [0.05, 0.1) is 6.04 Å². The van der Waals surface area contributed by atoms with Gasteiger partial charge in [0, 0.05) is 22.8 Å². The second-order valence-corrected chi connectivity index (χ2v) is 7.85. The summed E-state index contributed by atoms with van der Waals surface area (Å²) in [5.74, 6) is 0.550. The number of aromatic amines is 1. The van der Waals surface area contributed by atoms with Crippen molar-refractivity contribution in [2.24, 2.45) is 5.73 Å². The molecule has 0 bridgehead atoms. The van der Waals surface area contributed by atoms with E-state index in [-0.39, 0.29) is 6.04 Å². The van der Waals surface area contributed by atoms with E-state index < -0.39 is 6.03 Å². The first kappa shape index (κ1) is 18.6. The maximum atomic E-state index is 12.3. The summed E-state index contributed by atoms with van der Waals surface area (Å²) in [5, 5.41) is 1.19. The van der Waals surface area contributed by atoms with Gasteiger partial charge in [0.2, 0.25) is 0 Å². The topological polar surface area (TPSA) is 65.4 Å². The Morgan fingerprint density at radius 2 is 1.89 bits per heavy atom. The number of anilines is 1. The maximum absolute atomic E-state index is 12.3. The number of nitrogens with two attached hydrogens (primary N) is 1. The van der Waals surface area contributed by atoms with Crippen LogP contribution in [-0.4, -0.2) is 36.1 Å². The number of rotatable bonds is 4. The number of aromatic nitrogens is 1. The van der Waals surface area contributed by atoms with Crippen LogP contribution in [0.1, 0.15) is 42.9 Å². The van der Waals surface area contributed by atoms with Gasteiger partial charge in [-0.25, -0.2) is 4.79 Å². The van der Waals surface area contributed by atoms with E-state index in [1.54, 1.807) is 4.90 Å². The smallest absolute Gasteiger partial charge is 0.319 e. The van der Waals surface area contributed by atoms with E-state index in [1.165, 1.54) is 10.9 Å². The van der Waals surface area contributed by atoms with E-state index >= 15 is 0 Å². The summed E-state index contributed by atoms with van der Waals surface area (Å²) >= 11 is 0. The molecule has 0 radical (unpaired) electrons. The third-order valence-corrected chi connectivity index (χ3v) is 6.04. The molecule has 2 aromatic carbocycles. The molecule has 0 aliphatic carbocycles. The van der Waals surface area contributed by atoms with Gasteiger partial charge in [-0.3, -0.25) is 4.90 Å². The standard InChI is InChI=1S/C23H28N4O/c1-16(17-6-4-3-5-7-17)27(23(24)28)19-8-9-22-20(14-19)21(15-25-22)18-10-12-26(2)13-11-18/h3-9,14-16,18,25H,10-13H2,1-2H3,(H2,24,28). The summed E-state index contributed by atoms with van der Waals surface area (Å²) in [7, 11) is 2.18. The third-order valence-electron chi connectivity index (χ3n) is 6.04. The van der Waals surface area contributed by atoms with E-state index in [2.05, 4.69) is 35.3 Å². The molecule has 1 unspecified atom stereocenters. The lowest BCUT2D eigenvalue weighted by Crippen LogP contribution is -2.37. The molecule has 3 aromatic rings. The quantitative estimate of drug-likeness (QED) is 0.697. The molecule has 5 nitrogen and oxygen atoms in total. The van der Waals surface area contributed by atoms with E-state index in [0.29, 0.717) is 5.92 Å². The van der Waals surface area contributed by atoms with Gasteiger partial charge in [0.15, 0.2) is 0 Å². The lowest BCUT2D eigenvalue weighted by atomic mass is 9.89. The summed E-state index contributed by atoms with van der Waals surface area (Å²) in [4.78, 5) is 19.8. The summed E-state index contributed by atoms with van der Waals surface area (Å²) in [6.45, 7) is 4.25. The fourth-order valence-electron chi connectivity index (χ4n) is 4.36. The van der Waals surface area contributed by atoms with E-state index in [1.807, 2.05) is 43.3 Å². The maximum Gasteiger partial charge on any atom is 0.319 e. The minimum absolute atomic E-state index is 0.137. The minimum Gasteiger partial charge on any atom is -0.361 e. The number of hydrogen-bond acceptors (Lipinski definition) is 2. The number of benzene rings is 2. The van der Waals surface area contributed by atoms with Crippen LogP contribution in [0.25, 0.3) is 10.9 Å². The Bertz CT molecular complexity index is 957. The molecule has 1 aromatic heterocycles. The number of nitrogens with one attached hydrogen (secondary N) is 1. The van der Waals surface area contributed by atoms with Gasteiger partial charge in [0.1, 0.15) is 0 Å². The van der Waals surface area contributed by atoms with Crippen molar-refractivity contribution in [1.29, 1.82) is 0 Å². The van der Waals surface area contributed by atoms with Gasteiger partial charge in [-0.2, -0.15) is 0 Å². The fourth-order valence-corrected chi connectivity index (χ4v) is 4.36. The van der Waals surface area contributed by atoms with Gasteiger partial charge in [-0.1, -0.05) is 30.3 Å². The van der Waals surface area contributed by atoms with Crippen LogP contribution in [0.5, 0.6) is 0 Å². The Hall–Kier alpha value is -2.79. The van der Waals surface area contributed by atoms with Crippen LogP contribution in [0.2, 0.25) is 0 Å². The highest BCUT2D eigenvalue weighted by atomic mass is 16.2. The Labute approximate surface area is 166 Å². The molecule has 3 N–H and O–H groups in total. The van der Waals surface area contributed by atoms with Gasteiger partial charge < -0.3 is 15.6 Å². The Morgan fingerprint density at radius 1 is 1.18 bits per heavy atom. The minimum atomic E-state index is -0.438. The lowest BCUT2D eigenvalue weighted by Gasteiger charge is -2.29. The highest BCUT2D eigenvalue weighted by molar-refractivity contribution is 5.95. The van der Waals surface area contributed by atoms with Crippen LogP contribution in [0.15, 0.2) is 54.7 Å². The van der Waals surface area contributed by atoms with Crippen LogP contribution >= 0.6 is 0 Å². The predicted octanol–water partition coefficient (Wildman–Crippen LogP) is 4.62. The SMILES string of the molecule is CC(c1ccccc1)N(C(N)=O)c1ccc2[nH]cc(C3CCN(C)CC3)c2c1. The van der Waals surface area contributed by atoms with Crippen molar-refractivity contribution in [3.05, 3.63) is 65.9 Å². The predicted molar refractivity (Wildman–Crippen MR) is 115 cm³/mol. The van der Waals surface area contributed by atoms with Crippen molar-refractivity contribution >= 4 is 22.6 Å². The molecule has 1 aliphatic rings. The Morgan fingerprint density at radius 3 is 2.57 bits per heavy atom. The number of fused-ring (bicyclic) bond motifs is 1. The van der Waals surface area contributed by atoms with Crippen molar-refractivity contribution in [2.45, 2.75) is 31.7 Å². The molecular formula is C23H28N4O. The van der Waals surface area contributed by atoms with Crippen molar-refractivity contribution in [1.82, 2.24) is 9.88 Å². The molecule has 1 saturated heterocycles. The van der Waals surface area contributed by atoms with Gasteiger partial charge in [0.25, 0.3) is 0 Å². The normalized spacial score (nSPS) is 16.9. The molecule has 1 aliphatic heterocycles. The van der Waals surface area contributed by atoms with Gasteiger partial charge in [-0.05, 0) is 75.1 Å². The van der Waals surface area contributed by atoms with Crippen LogP contribution < -0.4 is 10.6 Å². The van der Waals surface area contributed by atoms with Crippen LogP contribution in [0, 0.1) is 0 Å². The molecule has 4 rings (SSSR count). The molecular weight excluding hydrogens is 348 g/mol. The number of carbonyl (C=O) groups excluding carboxylic acids is 1. The number of carbonyl (C=O) groups is 1. The summed E-state index contributed by atoms with van der Waals surface area (Å²) in [6, 6.07) is 15.6. The van der Waals surface area contributed by atoms with Crippen molar-refractivity contribution in [3.63, 3.8) is 0 Å². The average Bonchev–Trinajstić information content (AvgIpc) is 3.12. The lowest BCUT2D eigenvalue weighted by molar-refractivity contribution is 0.252. The van der Waals surface area contributed by atoms with Crippen molar-refractivity contribution < 1.29 is 4.79 Å². The number of piperidine rings is 1. The molecule has 146 valence electrons. The molecule has 1 atom stereocenters. The van der Waals surface area contributed by atoms with Crippen LogP contribution in [0.4, 0.5) is 10.5 Å². The summed E-state index contributed by atoms with van der Waals surface area (Å²) < 4.78 is 0. The first-order valence-corrected chi connectivity index (χ1v) is 9.98. The molecule has 1 fully saturated rings. The molecule has 0 saturated carbocycles. The number of amides is 2. The second-order valence-electron chi connectivity index (χ2n) is 7.85. The number of primary amides is 1. The number of likely N-dealkylation sites (tertiary alicyclic amines) is 1. The van der Waals surface area contributed by atoms with E-state index in [9.17, 15) is 4.79 Å². The summed E-state index contributed by atoms with van der Waals surface area (Å²) in [6.07, 6.45) is 4.46. The largest absolute Gasteiger partial charge is 0.361 e. The monoisotopic (exact) mass is 376 g/mol.